The van der Waals surface area contributed by atoms with Gasteiger partial charge in [0.15, 0.2) is 11.5 Å². The Kier molecular flexibility index (Phi) is 10.6. The molecular formula is C26H37N3O6S. The maximum atomic E-state index is 13.7. The van der Waals surface area contributed by atoms with Gasteiger partial charge in [0.05, 0.1) is 26.2 Å². The first-order chi connectivity index (χ1) is 17.0. The molecule has 0 saturated carbocycles. The van der Waals surface area contributed by atoms with Crippen LogP contribution in [0.3, 0.4) is 0 Å². The molecule has 0 saturated heterocycles. The zero-order chi connectivity index (χ0) is 26.9. The van der Waals surface area contributed by atoms with Gasteiger partial charge in [-0.3, -0.25) is 13.9 Å². The Morgan fingerprint density at radius 1 is 0.972 bits per heavy atom. The molecule has 2 rings (SSSR count). The van der Waals surface area contributed by atoms with E-state index in [9.17, 15) is 18.0 Å². The van der Waals surface area contributed by atoms with Gasteiger partial charge >= 0.3 is 0 Å². The highest BCUT2D eigenvalue weighted by atomic mass is 32.2. The molecule has 36 heavy (non-hydrogen) atoms. The molecule has 10 heteroatoms. The van der Waals surface area contributed by atoms with Gasteiger partial charge in [-0.15, -0.1) is 0 Å². The summed E-state index contributed by atoms with van der Waals surface area (Å²) in [4.78, 5) is 28.3. The summed E-state index contributed by atoms with van der Waals surface area (Å²) in [6.45, 7) is 5.38. The molecule has 198 valence electrons. The van der Waals surface area contributed by atoms with Gasteiger partial charge < -0.3 is 19.7 Å². The molecule has 0 heterocycles. The number of amides is 2. The number of nitrogens with one attached hydrogen (secondary N) is 1. The van der Waals surface area contributed by atoms with Crippen molar-refractivity contribution >= 4 is 27.5 Å². The fourth-order valence-electron chi connectivity index (χ4n) is 3.73. The van der Waals surface area contributed by atoms with Crippen LogP contribution in [0.5, 0.6) is 11.5 Å². The van der Waals surface area contributed by atoms with Crippen LogP contribution in [0.4, 0.5) is 5.69 Å². The van der Waals surface area contributed by atoms with Crippen molar-refractivity contribution in [3.05, 3.63) is 54.1 Å². The molecule has 0 unspecified atom stereocenters. The third-order valence-corrected chi connectivity index (χ3v) is 7.06. The van der Waals surface area contributed by atoms with Gasteiger partial charge in [-0.1, -0.05) is 44.2 Å². The van der Waals surface area contributed by atoms with Gasteiger partial charge in [0, 0.05) is 18.7 Å². The summed E-state index contributed by atoms with van der Waals surface area (Å²) >= 11 is 0. The van der Waals surface area contributed by atoms with Crippen LogP contribution in [0.15, 0.2) is 48.5 Å². The normalized spacial score (nSPS) is 12.8. The number of methoxy groups -OCH3 is 2. The smallest absolute Gasteiger partial charge is 0.244 e. The zero-order valence-electron chi connectivity index (χ0n) is 21.9. The molecule has 2 aromatic rings. The lowest BCUT2D eigenvalue weighted by molar-refractivity contribution is -0.140. The van der Waals surface area contributed by atoms with E-state index < -0.39 is 28.5 Å². The summed E-state index contributed by atoms with van der Waals surface area (Å²) in [5.41, 5.74) is 1.08. The van der Waals surface area contributed by atoms with Crippen LogP contribution in [0, 0.1) is 0 Å². The number of sulfonamides is 1. The molecular weight excluding hydrogens is 482 g/mol. The Morgan fingerprint density at radius 3 is 2.14 bits per heavy atom. The minimum Gasteiger partial charge on any atom is -0.493 e. The third kappa shape index (κ3) is 7.61. The first-order valence-corrected chi connectivity index (χ1v) is 13.7. The summed E-state index contributed by atoms with van der Waals surface area (Å²) in [5.74, 6) is -0.00512. The van der Waals surface area contributed by atoms with Crippen LogP contribution in [-0.2, 0) is 26.2 Å². The molecule has 2 aromatic carbocycles. The van der Waals surface area contributed by atoms with Crippen LogP contribution < -0.4 is 19.1 Å². The molecule has 9 nitrogen and oxygen atoms in total. The second-order valence-electron chi connectivity index (χ2n) is 8.56. The first-order valence-electron chi connectivity index (χ1n) is 11.9. The van der Waals surface area contributed by atoms with E-state index in [0.717, 1.165) is 22.5 Å². The van der Waals surface area contributed by atoms with Crippen LogP contribution >= 0.6 is 0 Å². The van der Waals surface area contributed by atoms with Gasteiger partial charge in [0.1, 0.15) is 12.6 Å². The first kappa shape index (κ1) is 29.0. The molecule has 0 aliphatic rings. The van der Waals surface area contributed by atoms with E-state index >= 15 is 0 Å². The van der Waals surface area contributed by atoms with Crippen LogP contribution in [0.1, 0.15) is 39.2 Å². The molecule has 2 amide bonds. The number of ether oxygens (including phenoxy) is 2. The Morgan fingerprint density at radius 2 is 1.61 bits per heavy atom. The van der Waals surface area contributed by atoms with Crippen molar-refractivity contribution in [2.45, 2.75) is 52.2 Å². The number of nitrogens with zero attached hydrogens (tertiary/aromatic N) is 2. The third-order valence-electron chi connectivity index (χ3n) is 5.92. The Balaban J connectivity index is 2.46. The maximum absolute atomic E-state index is 13.7. The van der Waals surface area contributed by atoms with Crippen molar-refractivity contribution in [1.29, 1.82) is 0 Å². The summed E-state index contributed by atoms with van der Waals surface area (Å²) in [5, 5.41) is 2.95. The standard InChI is InChI=1S/C26H37N3O6S/c1-7-19(3)27-26(31)22(8-2)28(17-20-12-10-9-11-13-20)25(30)18-29(36(6,32)33)21-14-15-23(34-4)24(16-21)35-5/h9-16,19,22H,7-8,17-18H2,1-6H3,(H,27,31)/t19-,22-/m1/s1. The largest absolute Gasteiger partial charge is 0.493 e. The average Bonchev–Trinajstić information content (AvgIpc) is 2.86. The molecule has 0 radical (unpaired) electrons. The minimum absolute atomic E-state index is 0.0560. The summed E-state index contributed by atoms with van der Waals surface area (Å²) in [6.07, 6.45) is 2.15. The molecule has 1 N–H and O–H groups in total. The molecule has 0 aliphatic heterocycles. The molecule has 0 bridgehead atoms. The quantitative estimate of drug-likeness (QED) is 0.436. The number of benzene rings is 2. The van der Waals surface area contributed by atoms with Crippen molar-refractivity contribution in [3.8, 4) is 11.5 Å². The molecule has 2 atom stereocenters. The molecule has 0 aliphatic carbocycles. The predicted molar refractivity (Wildman–Crippen MR) is 141 cm³/mol. The topological polar surface area (TPSA) is 105 Å². The second kappa shape index (κ2) is 13.2. The number of hydrogen-bond donors (Lipinski definition) is 1. The SMILES string of the molecule is CC[C@@H](C)NC(=O)[C@@H](CC)N(Cc1ccccc1)C(=O)CN(c1ccc(OC)c(OC)c1)S(C)(=O)=O. The number of hydrogen-bond acceptors (Lipinski definition) is 6. The lowest BCUT2D eigenvalue weighted by atomic mass is 10.1. The molecule has 0 aromatic heterocycles. The van der Waals surface area contributed by atoms with Crippen molar-refractivity contribution in [2.75, 3.05) is 31.3 Å². The highest BCUT2D eigenvalue weighted by molar-refractivity contribution is 7.92. The van der Waals surface area contributed by atoms with Gasteiger partial charge in [-0.05, 0) is 37.5 Å². The number of anilines is 1. The lowest BCUT2D eigenvalue weighted by Crippen LogP contribution is -2.53. The van der Waals surface area contributed by atoms with Crippen molar-refractivity contribution in [1.82, 2.24) is 10.2 Å². The van der Waals surface area contributed by atoms with Gasteiger partial charge in [0.2, 0.25) is 21.8 Å². The summed E-state index contributed by atoms with van der Waals surface area (Å²) in [6, 6.07) is 13.1. The fourth-order valence-corrected chi connectivity index (χ4v) is 4.58. The second-order valence-corrected chi connectivity index (χ2v) is 10.5. The number of rotatable bonds is 13. The van der Waals surface area contributed by atoms with E-state index in [2.05, 4.69) is 5.32 Å². The highest BCUT2D eigenvalue weighted by Crippen LogP contribution is 2.32. The lowest BCUT2D eigenvalue weighted by Gasteiger charge is -2.33. The van der Waals surface area contributed by atoms with E-state index in [1.54, 1.807) is 12.1 Å². The molecule has 0 spiro atoms. The maximum Gasteiger partial charge on any atom is 0.244 e. The highest BCUT2D eigenvalue weighted by Gasteiger charge is 2.32. The minimum atomic E-state index is -3.85. The van der Waals surface area contributed by atoms with Crippen LogP contribution in [0.2, 0.25) is 0 Å². The predicted octanol–water partition coefficient (Wildman–Crippen LogP) is 3.19. The monoisotopic (exact) mass is 519 g/mol. The fraction of sp³-hybridized carbons (Fsp3) is 0.462. The van der Waals surface area contributed by atoms with E-state index in [1.165, 1.54) is 25.2 Å². The van der Waals surface area contributed by atoms with Crippen LogP contribution in [-0.4, -0.2) is 64.2 Å². The van der Waals surface area contributed by atoms with E-state index in [4.69, 9.17) is 9.47 Å². The van der Waals surface area contributed by atoms with E-state index in [-0.39, 0.29) is 24.2 Å². The van der Waals surface area contributed by atoms with Crippen LogP contribution in [0.25, 0.3) is 0 Å². The van der Waals surface area contributed by atoms with Crippen molar-refractivity contribution < 1.29 is 27.5 Å². The van der Waals surface area contributed by atoms with Gasteiger partial charge in [0.25, 0.3) is 0 Å². The average molecular weight is 520 g/mol. The number of carbonyl (C=O) groups excluding carboxylic acids is 2. The van der Waals surface area contributed by atoms with Crippen molar-refractivity contribution in [2.24, 2.45) is 0 Å². The summed E-state index contributed by atoms with van der Waals surface area (Å²) < 4.78 is 37.1. The Hall–Kier alpha value is -3.27. The van der Waals surface area contributed by atoms with Gasteiger partial charge in [-0.2, -0.15) is 0 Å². The Labute approximate surface area is 214 Å². The Bertz CT molecular complexity index is 1120. The molecule has 0 fully saturated rings. The van der Waals surface area contributed by atoms with E-state index in [0.29, 0.717) is 17.9 Å². The zero-order valence-corrected chi connectivity index (χ0v) is 22.7. The van der Waals surface area contributed by atoms with E-state index in [1.807, 2.05) is 51.1 Å². The van der Waals surface area contributed by atoms with Crippen molar-refractivity contribution in [3.63, 3.8) is 0 Å². The van der Waals surface area contributed by atoms with Gasteiger partial charge in [-0.25, -0.2) is 8.42 Å². The summed E-state index contributed by atoms with van der Waals surface area (Å²) in [7, 11) is -0.927. The number of carbonyl (C=O) groups is 2.